The molecule has 1 atom stereocenters. The number of alkyl halides is 9. The summed E-state index contributed by atoms with van der Waals surface area (Å²) in [6.45, 7) is 1.88. The molecule has 0 N–H and O–H groups in total. The van der Waals surface area contributed by atoms with Crippen molar-refractivity contribution in [3.05, 3.63) is 69.8 Å². The SMILES string of the molecule is CCC(c1ccc(C(F)(F)F)cc1CN(Cc1cc(C(F)(F)F)cc(C(F)(F)F)c1)c1nnn(C)n1)N1CC2CCC1CC2. The number of benzene rings is 2. The van der Waals surface area contributed by atoms with E-state index in [0.717, 1.165) is 49.2 Å². The summed E-state index contributed by atoms with van der Waals surface area (Å²) >= 11 is 0. The van der Waals surface area contributed by atoms with Gasteiger partial charge in [0.15, 0.2) is 0 Å². The van der Waals surface area contributed by atoms with Crippen molar-refractivity contribution in [1.29, 1.82) is 0 Å². The molecule has 2 bridgehead atoms. The fourth-order valence-electron chi connectivity index (χ4n) is 6.50. The van der Waals surface area contributed by atoms with Gasteiger partial charge in [0, 0.05) is 31.7 Å². The molecule has 240 valence electrons. The maximum Gasteiger partial charge on any atom is 0.416 e. The molecule has 1 unspecified atom stereocenters. The second-order valence-electron chi connectivity index (χ2n) is 11.6. The van der Waals surface area contributed by atoms with E-state index in [9.17, 15) is 39.5 Å². The van der Waals surface area contributed by atoms with E-state index < -0.39 is 41.8 Å². The molecule has 6 nitrogen and oxygen atoms in total. The van der Waals surface area contributed by atoms with Crippen molar-refractivity contribution in [2.75, 3.05) is 11.4 Å². The van der Waals surface area contributed by atoms with Crippen molar-refractivity contribution in [3.8, 4) is 0 Å². The molecule has 2 aliphatic heterocycles. The first kappa shape index (κ1) is 32.0. The Bertz CT molecular complexity index is 1420. The standard InChI is InChI=1S/C29H31F9N6/c1-3-25(44-15-17-4-7-23(44)8-5-17)24-9-6-20(27(30,31)32)12-19(24)16-43(26-39-41-42(2)40-26)14-18-10-21(28(33,34)35)13-22(11-18)29(36,37)38/h6,9-13,17,23,25H,3-5,7-8,14-16H2,1-2H3. The second kappa shape index (κ2) is 11.9. The minimum atomic E-state index is -5.07. The number of piperidine rings is 2. The van der Waals surface area contributed by atoms with Gasteiger partial charge < -0.3 is 4.90 Å². The van der Waals surface area contributed by atoms with E-state index in [1.54, 1.807) is 0 Å². The molecular formula is C29H31F9N6. The van der Waals surface area contributed by atoms with Crippen LogP contribution in [-0.4, -0.2) is 37.7 Å². The summed E-state index contributed by atoms with van der Waals surface area (Å²) in [5.41, 5.74) is -3.45. The van der Waals surface area contributed by atoms with Gasteiger partial charge in [0.1, 0.15) is 0 Å². The molecule has 2 aromatic carbocycles. The van der Waals surface area contributed by atoms with Crippen LogP contribution in [0.2, 0.25) is 0 Å². The van der Waals surface area contributed by atoms with Crippen molar-refractivity contribution in [3.63, 3.8) is 0 Å². The monoisotopic (exact) mass is 634 g/mol. The fraction of sp³-hybridized carbons (Fsp3) is 0.552. The molecule has 1 saturated carbocycles. The van der Waals surface area contributed by atoms with E-state index in [1.807, 2.05) is 6.92 Å². The smallest absolute Gasteiger partial charge is 0.330 e. The Labute approximate surface area is 247 Å². The Morgan fingerprint density at radius 1 is 0.818 bits per heavy atom. The highest BCUT2D eigenvalue weighted by atomic mass is 19.4. The van der Waals surface area contributed by atoms with Crippen LogP contribution < -0.4 is 4.90 Å². The van der Waals surface area contributed by atoms with Crippen LogP contribution in [0.5, 0.6) is 0 Å². The highest BCUT2D eigenvalue weighted by Crippen LogP contribution is 2.43. The van der Waals surface area contributed by atoms with Crippen LogP contribution in [0, 0.1) is 5.92 Å². The molecule has 1 aliphatic carbocycles. The molecule has 2 saturated heterocycles. The van der Waals surface area contributed by atoms with Gasteiger partial charge >= 0.3 is 18.5 Å². The van der Waals surface area contributed by atoms with Gasteiger partial charge in [0.2, 0.25) is 0 Å². The van der Waals surface area contributed by atoms with Crippen LogP contribution in [0.25, 0.3) is 0 Å². The number of hydrogen-bond donors (Lipinski definition) is 0. The summed E-state index contributed by atoms with van der Waals surface area (Å²) in [5, 5.41) is 11.7. The normalized spacial score (nSPS) is 20.2. The van der Waals surface area contributed by atoms with Gasteiger partial charge in [-0.25, -0.2) is 0 Å². The molecule has 3 aliphatic rings. The summed E-state index contributed by atoms with van der Waals surface area (Å²) < 4.78 is 123. The maximum atomic E-state index is 13.9. The number of nitrogens with zero attached hydrogens (tertiary/aromatic N) is 6. The number of hydrogen-bond acceptors (Lipinski definition) is 5. The van der Waals surface area contributed by atoms with Crippen molar-refractivity contribution in [1.82, 2.24) is 25.1 Å². The lowest BCUT2D eigenvalue weighted by Gasteiger charge is -2.49. The fourth-order valence-corrected chi connectivity index (χ4v) is 6.50. The Morgan fingerprint density at radius 2 is 1.43 bits per heavy atom. The van der Waals surface area contributed by atoms with Gasteiger partial charge in [0.05, 0.1) is 23.7 Å². The number of halogens is 9. The van der Waals surface area contributed by atoms with Crippen LogP contribution in [0.15, 0.2) is 36.4 Å². The molecule has 3 fully saturated rings. The van der Waals surface area contributed by atoms with Gasteiger partial charge in [-0.1, -0.05) is 18.1 Å². The largest absolute Gasteiger partial charge is 0.416 e. The second-order valence-corrected chi connectivity index (χ2v) is 11.6. The third kappa shape index (κ3) is 6.97. The third-order valence-corrected chi connectivity index (χ3v) is 8.53. The highest BCUT2D eigenvalue weighted by molar-refractivity contribution is 5.42. The average Bonchev–Trinajstić information content (AvgIpc) is 3.39. The number of rotatable bonds is 8. The molecule has 0 amide bonds. The number of aryl methyl sites for hydroxylation is 1. The molecule has 1 aromatic heterocycles. The van der Waals surface area contributed by atoms with Gasteiger partial charge in [-0.15, -0.1) is 5.10 Å². The lowest BCUT2D eigenvalue weighted by molar-refractivity contribution is -0.143. The lowest BCUT2D eigenvalue weighted by Crippen LogP contribution is -2.49. The summed E-state index contributed by atoms with van der Waals surface area (Å²) in [4.78, 5) is 4.62. The lowest BCUT2D eigenvalue weighted by atomic mass is 9.78. The molecule has 44 heavy (non-hydrogen) atoms. The minimum Gasteiger partial charge on any atom is -0.330 e. The zero-order chi connectivity index (χ0) is 32.0. The van der Waals surface area contributed by atoms with Crippen LogP contribution in [0.4, 0.5) is 45.5 Å². The summed E-state index contributed by atoms with van der Waals surface area (Å²) in [5.74, 6) is 0.336. The molecule has 3 heterocycles. The predicted molar refractivity (Wildman–Crippen MR) is 142 cm³/mol. The van der Waals surface area contributed by atoms with Gasteiger partial charge in [-0.2, -0.15) is 44.3 Å². The molecule has 0 spiro atoms. The van der Waals surface area contributed by atoms with Crippen molar-refractivity contribution in [2.45, 2.75) is 82.7 Å². The van der Waals surface area contributed by atoms with E-state index >= 15 is 0 Å². The van der Waals surface area contributed by atoms with Crippen molar-refractivity contribution in [2.24, 2.45) is 13.0 Å². The Kier molecular flexibility index (Phi) is 8.64. The van der Waals surface area contributed by atoms with Crippen LogP contribution in [0.1, 0.15) is 78.5 Å². The van der Waals surface area contributed by atoms with Gasteiger partial charge in [0.25, 0.3) is 5.95 Å². The molecular weight excluding hydrogens is 603 g/mol. The van der Waals surface area contributed by atoms with Crippen LogP contribution in [-0.2, 0) is 38.7 Å². The number of aromatic nitrogens is 4. The van der Waals surface area contributed by atoms with Gasteiger partial charge in [-0.3, -0.25) is 4.90 Å². The van der Waals surface area contributed by atoms with Crippen LogP contribution in [0.3, 0.4) is 0 Å². The zero-order valence-electron chi connectivity index (χ0n) is 23.9. The van der Waals surface area contributed by atoms with E-state index in [2.05, 4.69) is 20.3 Å². The first-order valence-electron chi connectivity index (χ1n) is 14.3. The third-order valence-electron chi connectivity index (χ3n) is 8.53. The molecule has 6 rings (SSSR count). The summed E-state index contributed by atoms with van der Waals surface area (Å²) in [7, 11) is 1.41. The first-order chi connectivity index (χ1) is 20.5. The quantitative estimate of drug-likeness (QED) is 0.237. The molecule has 0 radical (unpaired) electrons. The van der Waals surface area contributed by atoms with Crippen molar-refractivity contribution >= 4 is 5.95 Å². The Balaban J connectivity index is 1.58. The summed E-state index contributed by atoms with van der Waals surface area (Å²) in [6.07, 6.45) is -10.1. The Hall–Kier alpha value is -3.36. The van der Waals surface area contributed by atoms with E-state index in [1.165, 1.54) is 18.0 Å². The number of anilines is 1. The van der Waals surface area contributed by atoms with E-state index in [-0.39, 0.29) is 41.8 Å². The first-order valence-corrected chi connectivity index (χ1v) is 14.3. The van der Waals surface area contributed by atoms with Gasteiger partial charge in [-0.05, 0) is 90.3 Å². The predicted octanol–water partition coefficient (Wildman–Crippen LogP) is 7.80. The number of fused-ring (bicyclic) bond motifs is 3. The van der Waals surface area contributed by atoms with Crippen molar-refractivity contribution < 1.29 is 39.5 Å². The molecule has 15 heteroatoms. The topological polar surface area (TPSA) is 50.1 Å². The minimum absolute atomic E-state index is 0.0253. The average molecular weight is 635 g/mol. The number of tetrazole rings is 1. The molecule has 3 aromatic rings. The van der Waals surface area contributed by atoms with E-state index in [0.29, 0.717) is 30.0 Å². The van der Waals surface area contributed by atoms with Crippen LogP contribution >= 0.6 is 0 Å². The van der Waals surface area contributed by atoms with E-state index in [4.69, 9.17) is 0 Å². The highest BCUT2D eigenvalue weighted by Gasteiger charge is 2.40. The maximum absolute atomic E-state index is 13.9. The summed E-state index contributed by atoms with van der Waals surface area (Å²) in [6, 6.07) is 4.69. The Morgan fingerprint density at radius 3 is 1.91 bits per heavy atom. The zero-order valence-corrected chi connectivity index (χ0v) is 23.9.